The Morgan fingerprint density at radius 1 is 1.47 bits per heavy atom. The highest BCUT2D eigenvalue weighted by atomic mass is 17.1. The minimum absolute atomic E-state index is 0.0725. The van der Waals surface area contributed by atoms with Gasteiger partial charge in [0.1, 0.15) is 6.54 Å². The molecule has 0 aromatic carbocycles. The molecule has 0 fully saturated rings. The number of rotatable bonds is 6. The number of imide groups is 1. The van der Waals surface area contributed by atoms with Crippen molar-refractivity contribution in [3.8, 4) is 0 Å². The smallest absolute Gasteiger partial charge is 0.254 e. The molecule has 0 spiro atoms. The third-order valence-corrected chi connectivity index (χ3v) is 2.05. The fourth-order valence-corrected chi connectivity index (χ4v) is 1.19. The highest BCUT2D eigenvalue weighted by Crippen LogP contribution is 2.02. The molecule has 0 saturated heterocycles. The molecule has 0 bridgehead atoms. The zero-order chi connectivity index (χ0) is 12.8. The van der Waals surface area contributed by atoms with Gasteiger partial charge >= 0.3 is 0 Å². The molecule has 8 nitrogen and oxygen atoms in total. The highest BCUT2D eigenvalue weighted by molar-refractivity contribution is 6.14. The monoisotopic (exact) mass is 243 g/mol. The number of hydrogen-bond donors (Lipinski definition) is 3. The summed E-state index contributed by atoms with van der Waals surface area (Å²) < 4.78 is 0. The zero-order valence-electron chi connectivity index (χ0n) is 8.96. The van der Waals surface area contributed by atoms with Gasteiger partial charge in [0.2, 0.25) is 5.91 Å². The van der Waals surface area contributed by atoms with Crippen LogP contribution in [0.2, 0.25) is 0 Å². The van der Waals surface area contributed by atoms with Crippen LogP contribution in [0.3, 0.4) is 0 Å². The van der Waals surface area contributed by atoms with Crippen molar-refractivity contribution in [2.75, 3.05) is 19.7 Å². The molecule has 1 atom stereocenters. The maximum absolute atomic E-state index is 11.4. The van der Waals surface area contributed by atoms with Crippen molar-refractivity contribution in [2.45, 2.75) is 6.04 Å². The molecule has 0 aromatic rings. The summed E-state index contributed by atoms with van der Waals surface area (Å²) >= 11 is 0. The predicted octanol–water partition coefficient (Wildman–Crippen LogP) is -2.16. The van der Waals surface area contributed by atoms with Gasteiger partial charge in [-0.1, -0.05) is 0 Å². The lowest BCUT2D eigenvalue weighted by molar-refractivity contribution is -0.244. The van der Waals surface area contributed by atoms with Crippen molar-refractivity contribution in [3.05, 3.63) is 12.2 Å². The minimum atomic E-state index is -0.563. The third kappa shape index (κ3) is 3.94. The Bertz CT molecular complexity index is 337. The number of amides is 3. The van der Waals surface area contributed by atoms with E-state index in [-0.39, 0.29) is 19.7 Å². The Balaban J connectivity index is 2.30. The fourth-order valence-electron chi connectivity index (χ4n) is 1.19. The number of nitrogens with one attached hydrogen (secondary N) is 1. The molecular weight excluding hydrogens is 230 g/mol. The SMILES string of the molecule is NC(CNC(=O)CN1C(=O)C=CC1=O)COO. The summed E-state index contributed by atoms with van der Waals surface area (Å²) in [5.74, 6) is -1.55. The maximum Gasteiger partial charge on any atom is 0.254 e. The van der Waals surface area contributed by atoms with Gasteiger partial charge in [-0.2, -0.15) is 0 Å². The van der Waals surface area contributed by atoms with Crippen LogP contribution in [-0.4, -0.2) is 53.6 Å². The summed E-state index contributed by atoms with van der Waals surface area (Å²) in [5.41, 5.74) is 5.44. The molecule has 1 aliphatic heterocycles. The van der Waals surface area contributed by atoms with E-state index >= 15 is 0 Å². The van der Waals surface area contributed by atoms with Gasteiger partial charge in [-0.25, -0.2) is 4.89 Å². The van der Waals surface area contributed by atoms with E-state index in [0.29, 0.717) is 0 Å². The summed E-state index contributed by atoms with van der Waals surface area (Å²) in [6.45, 7) is -0.399. The summed E-state index contributed by atoms with van der Waals surface area (Å²) in [7, 11) is 0. The summed E-state index contributed by atoms with van der Waals surface area (Å²) in [6, 6.07) is -0.563. The fraction of sp³-hybridized carbons (Fsp3) is 0.444. The predicted molar refractivity (Wildman–Crippen MR) is 55.4 cm³/mol. The molecule has 8 heteroatoms. The van der Waals surface area contributed by atoms with Crippen molar-refractivity contribution in [1.29, 1.82) is 0 Å². The Morgan fingerprint density at radius 3 is 2.59 bits per heavy atom. The van der Waals surface area contributed by atoms with Crippen LogP contribution in [-0.2, 0) is 19.3 Å². The van der Waals surface area contributed by atoms with Crippen LogP contribution < -0.4 is 11.1 Å². The van der Waals surface area contributed by atoms with Gasteiger partial charge in [-0.05, 0) is 0 Å². The summed E-state index contributed by atoms with van der Waals surface area (Å²) in [6.07, 6.45) is 2.20. The molecule has 3 amide bonds. The number of carbonyl (C=O) groups is 3. The number of nitrogens with two attached hydrogens (primary N) is 1. The van der Waals surface area contributed by atoms with Gasteiger partial charge in [0, 0.05) is 24.7 Å². The van der Waals surface area contributed by atoms with E-state index < -0.39 is 23.8 Å². The first-order valence-corrected chi connectivity index (χ1v) is 4.86. The van der Waals surface area contributed by atoms with Crippen molar-refractivity contribution < 1.29 is 24.5 Å². The van der Waals surface area contributed by atoms with Crippen molar-refractivity contribution in [1.82, 2.24) is 10.2 Å². The molecule has 1 rings (SSSR count). The van der Waals surface area contributed by atoms with E-state index in [2.05, 4.69) is 10.2 Å². The molecule has 0 aromatic heterocycles. The Morgan fingerprint density at radius 2 is 2.06 bits per heavy atom. The molecule has 0 saturated carbocycles. The molecule has 1 unspecified atom stereocenters. The topological polar surface area (TPSA) is 122 Å². The largest absolute Gasteiger partial charge is 0.353 e. The summed E-state index contributed by atoms with van der Waals surface area (Å²) in [4.78, 5) is 38.2. The molecule has 4 N–H and O–H groups in total. The molecular formula is C9H13N3O5. The molecule has 0 radical (unpaired) electrons. The lowest BCUT2D eigenvalue weighted by Gasteiger charge is -2.15. The number of hydrogen-bond acceptors (Lipinski definition) is 6. The van der Waals surface area contributed by atoms with Crippen LogP contribution in [0.15, 0.2) is 12.2 Å². The Hall–Kier alpha value is -1.77. The van der Waals surface area contributed by atoms with Gasteiger partial charge in [-0.3, -0.25) is 24.5 Å². The van der Waals surface area contributed by atoms with Gasteiger partial charge < -0.3 is 11.1 Å². The molecule has 1 aliphatic rings. The number of nitrogens with zero attached hydrogens (tertiary/aromatic N) is 1. The van der Waals surface area contributed by atoms with Crippen molar-refractivity contribution in [2.24, 2.45) is 5.73 Å². The average Bonchev–Trinajstić information content (AvgIpc) is 2.58. The van der Waals surface area contributed by atoms with Crippen LogP contribution in [0.4, 0.5) is 0 Å². The highest BCUT2D eigenvalue weighted by Gasteiger charge is 2.25. The second kappa shape index (κ2) is 6.09. The maximum atomic E-state index is 11.4. The van der Waals surface area contributed by atoms with E-state index in [1.54, 1.807) is 0 Å². The van der Waals surface area contributed by atoms with E-state index in [1.165, 1.54) is 0 Å². The molecule has 17 heavy (non-hydrogen) atoms. The van der Waals surface area contributed by atoms with Crippen LogP contribution in [0.1, 0.15) is 0 Å². The number of carbonyl (C=O) groups excluding carboxylic acids is 3. The van der Waals surface area contributed by atoms with E-state index in [9.17, 15) is 14.4 Å². The van der Waals surface area contributed by atoms with E-state index in [0.717, 1.165) is 17.1 Å². The van der Waals surface area contributed by atoms with Crippen LogP contribution in [0.5, 0.6) is 0 Å². The van der Waals surface area contributed by atoms with Crippen molar-refractivity contribution >= 4 is 17.7 Å². The standard InChI is InChI=1S/C9H13N3O5/c10-6(5-17-16)3-11-7(13)4-12-8(14)1-2-9(12)15/h1-2,6,16H,3-5,10H2,(H,11,13). The average molecular weight is 243 g/mol. The van der Waals surface area contributed by atoms with Gasteiger partial charge in [-0.15, -0.1) is 0 Å². The van der Waals surface area contributed by atoms with Gasteiger partial charge in [0.25, 0.3) is 11.8 Å². The van der Waals surface area contributed by atoms with Crippen LogP contribution >= 0.6 is 0 Å². The second-order valence-corrected chi connectivity index (χ2v) is 3.46. The molecule has 0 aliphatic carbocycles. The first kappa shape index (κ1) is 13.3. The normalized spacial score (nSPS) is 16.5. The van der Waals surface area contributed by atoms with Crippen LogP contribution in [0.25, 0.3) is 0 Å². The Labute approximate surface area is 96.9 Å². The third-order valence-electron chi connectivity index (χ3n) is 2.05. The second-order valence-electron chi connectivity index (χ2n) is 3.46. The van der Waals surface area contributed by atoms with Gasteiger partial charge in [0.15, 0.2) is 0 Å². The van der Waals surface area contributed by atoms with Crippen LogP contribution in [0, 0.1) is 0 Å². The van der Waals surface area contributed by atoms with E-state index in [1.807, 2.05) is 0 Å². The van der Waals surface area contributed by atoms with Crippen molar-refractivity contribution in [3.63, 3.8) is 0 Å². The first-order chi connectivity index (χ1) is 8.04. The molecule has 1 heterocycles. The van der Waals surface area contributed by atoms with E-state index in [4.69, 9.17) is 11.0 Å². The first-order valence-electron chi connectivity index (χ1n) is 4.86. The lowest BCUT2D eigenvalue weighted by atomic mass is 10.3. The molecule has 94 valence electrons. The zero-order valence-corrected chi connectivity index (χ0v) is 8.96. The summed E-state index contributed by atoms with van der Waals surface area (Å²) in [5, 5.41) is 10.5. The van der Waals surface area contributed by atoms with Gasteiger partial charge in [0.05, 0.1) is 6.61 Å². The Kier molecular flexibility index (Phi) is 4.76. The minimum Gasteiger partial charge on any atom is -0.353 e. The quantitative estimate of drug-likeness (QED) is 0.277. The lowest BCUT2D eigenvalue weighted by Crippen LogP contribution is -2.45.